The first kappa shape index (κ1) is 5.00. The molecule has 0 unspecified atom stereocenters. The average Bonchev–Trinajstić information content (AvgIpc) is 1.87. The Bertz CT molecular complexity index is 147. The van der Waals surface area contributed by atoms with Gasteiger partial charge in [-0.15, -0.1) is 0 Å². The summed E-state index contributed by atoms with van der Waals surface area (Å²) in [5, 5.41) is -0.537. The molecule has 1 heterocycles. The van der Waals surface area contributed by atoms with E-state index in [0.717, 1.165) is 11.3 Å². The standard InChI is InChI=1S/C3ClFNS/c4-2-1-6-3(5)7-2. The van der Waals surface area contributed by atoms with Crippen molar-refractivity contribution in [2.75, 3.05) is 0 Å². The number of aromatic nitrogens is 1. The first-order valence-electron chi connectivity index (χ1n) is 1.48. The highest BCUT2D eigenvalue weighted by Crippen LogP contribution is 2.14. The van der Waals surface area contributed by atoms with Gasteiger partial charge >= 0.3 is 0 Å². The lowest BCUT2D eigenvalue weighted by molar-refractivity contribution is 0.616. The van der Waals surface area contributed by atoms with Gasteiger partial charge in [-0.05, 0) is 0 Å². The molecule has 4 heteroatoms. The summed E-state index contributed by atoms with van der Waals surface area (Å²) >= 11 is 6.00. The third-order valence-corrected chi connectivity index (χ3v) is 1.25. The second kappa shape index (κ2) is 1.76. The minimum absolute atomic E-state index is 0.262. The predicted molar refractivity (Wildman–Crippen MR) is 25.9 cm³/mol. The van der Waals surface area contributed by atoms with E-state index < -0.39 is 5.26 Å². The summed E-state index contributed by atoms with van der Waals surface area (Å²) in [7, 11) is 0. The van der Waals surface area contributed by atoms with Gasteiger partial charge in [0.15, 0.2) is 0 Å². The summed E-state index contributed by atoms with van der Waals surface area (Å²) in [6.07, 6.45) is 2.23. The van der Waals surface area contributed by atoms with Gasteiger partial charge in [0.05, 0.1) is 0 Å². The van der Waals surface area contributed by atoms with Gasteiger partial charge in [-0.3, -0.25) is 0 Å². The van der Waals surface area contributed by atoms with E-state index >= 15 is 0 Å². The van der Waals surface area contributed by atoms with Gasteiger partial charge in [-0.25, -0.2) is 4.98 Å². The smallest absolute Gasteiger partial charge is 0.206 e. The van der Waals surface area contributed by atoms with Crippen molar-refractivity contribution in [2.24, 2.45) is 0 Å². The molecule has 1 aromatic rings. The van der Waals surface area contributed by atoms with E-state index in [-0.39, 0.29) is 4.34 Å². The first-order valence-corrected chi connectivity index (χ1v) is 2.68. The van der Waals surface area contributed by atoms with Crippen LogP contribution in [0.2, 0.25) is 4.34 Å². The fourth-order valence-electron chi connectivity index (χ4n) is 0.207. The maximum Gasteiger partial charge on any atom is 0.271 e. The lowest BCUT2D eigenvalue weighted by atomic mass is 11.0. The van der Waals surface area contributed by atoms with Crippen LogP contribution in [0.5, 0.6) is 0 Å². The van der Waals surface area contributed by atoms with E-state index in [1.165, 1.54) is 0 Å². The topological polar surface area (TPSA) is 12.9 Å². The van der Waals surface area contributed by atoms with Crippen LogP contribution < -0.4 is 0 Å². The second-order valence-electron chi connectivity index (χ2n) is 0.852. The fourth-order valence-corrected chi connectivity index (χ4v) is 0.771. The van der Waals surface area contributed by atoms with Crippen molar-refractivity contribution in [2.45, 2.75) is 0 Å². The zero-order chi connectivity index (χ0) is 5.28. The van der Waals surface area contributed by atoms with Crippen molar-refractivity contribution < 1.29 is 4.39 Å². The monoisotopic (exact) mass is 136 g/mol. The Labute approximate surface area is 48.8 Å². The largest absolute Gasteiger partial charge is 0.271 e. The van der Waals surface area contributed by atoms with E-state index in [1.54, 1.807) is 0 Å². The number of halogens is 2. The van der Waals surface area contributed by atoms with Gasteiger partial charge in [-0.1, -0.05) is 22.9 Å². The van der Waals surface area contributed by atoms with Crippen LogP contribution >= 0.6 is 22.9 Å². The summed E-state index contributed by atoms with van der Waals surface area (Å²) in [6, 6.07) is 0. The maximum atomic E-state index is 11.7. The molecule has 0 aliphatic carbocycles. The number of thiazole rings is 1. The summed E-state index contributed by atoms with van der Waals surface area (Å²) < 4.78 is 12.0. The van der Waals surface area contributed by atoms with Crippen molar-refractivity contribution in [3.63, 3.8) is 0 Å². The molecule has 1 radical (unpaired) electrons. The van der Waals surface area contributed by atoms with Crippen molar-refractivity contribution >= 4 is 22.9 Å². The SMILES string of the molecule is Fc1n[c]c(Cl)s1. The highest BCUT2D eigenvalue weighted by molar-refractivity contribution is 7.14. The van der Waals surface area contributed by atoms with Crippen LogP contribution in [-0.4, -0.2) is 4.98 Å². The van der Waals surface area contributed by atoms with Gasteiger partial charge in [0.1, 0.15) is 10.5 Å². The molecule has 0 saturated carbocycles. The average molecular weight is 137 g/mol. The van der Waals surface area contributed by atoms with Crippen LogP contribution in [-0.2, 0) is 0 Å². The number of nitrogens with zero attached hydrogens (tertiary/aromatic N) is 1. The Kier molecular flexibility index (Phi) is 1.25. The highest BCUT2D eigenvalue weighted by atomic mass is 35.5. The first-order chi connectivity index (χ1) is 3.29. The summed E-state index contributed by atoms with van der Waals surface area (Å²) in [5.74, 6) is 0. The van der Waals surface area contributed by atoms with E-state index in [4.69, 9.17) is 11.6 Å². The Balaban J connectivity index is 3.04. The molecule has 0 N–H and O–H groups in total. The van der Waals surface area contributed by atoms with Gasteiger partial charge in [-0.2, -0.15) is 4.39 Å². The van der Waals surface area contributed by atoms with Gasteiger partial charge in [0, 0.05) is 0 Å². The van der Waals surface area contributed by atoms with Crippen LogP contribution in [0.15, 0.2) is 0 Å². The van der Waals surface area contributed by atoms with Gasteiger partial charge in [0.25, 0.3) is 5.26 Å². The van der Waals surface area contributed by atoms with Crippen LogP contribution in [0.3, 0.4) is 0 Å². The minimum Gasteiger partial charge on any atom is -0.206 e. The van der Waals surface area contributed by atoms with Crippen molar-refractivity contribution in [1.82, 2.24) is 4.98 Å². The van der Waals surface area contributed by atoms with Crippen molar-refractivity contribution in [3.8, 4) is 0 Å². The third kappa shape index (κ3) is 1.11. The Morgan fingerprint density at radius 1 is 1.86 bits per heavy atom. The van der Waals surface area contributed by atoms with E-state index in [1.807, 2.05) is 0 Å². The summed E-state index contributed by atoms with van der Waals surface area (Å²) in [5.41, 5.74) is 0. The summed E-state index contributed by atoms with van der Waals surface area (Å²) in [4.78, 5) is 3.11. The lowest BCUT2D eigenvalue weighted by Gasteiger charge is -1.62. The minimum atomic E-state index is -0.537. The number of rotatable bonds is 0. The van der Waals surface area contributed by atoms with Crippen LogP contribution in [0.1, 0.15) is 0 Å². The van der Waals surface area contributed by atoms with Crippen LogP contribution in [0.25, 0.3) is 0 Å². The summed E-state index contributed by atoms with van der Waals surface area (Å²) in [6.45, 7) is 0. The molecule has 0 atom stereocenters. The van der Waals surface area contributed by atoms with E-state index in [0.29, 0.717) is 0 Å². The van der Waals surface area contributed by atoms with Gasteiger partial charge in [0.2, 0.25) is 0 Å². The molecular formula is C3ClFNS. The molecule has 0 fully saturated rings. The van der Waals surface area contributed by atoms with E-state index in [2.05, 4.69) is 11.2 Å². The molecule has 37 valence electrons. The second-order valence-corrected chi connectivity index (χ2v) is 2.40. The molecule has 0 aliphatic rings. The van der Waals surface area contributed by atoms with Gasteiger partial charge < -0.3 is 0 Å². The molecular weight excluding hydrogens is 137 g/mol. The van der Waals surface area contributed by atoms with Crippen LogP contribution in [0, 0.1) is 11.5 Å². The Morgan fingerprint density at radius 3 is 2.71 bits per heavy atom. The number of hydrogen-bond acceptors (Lipinski definition) is 2. The molecule has 0 bridgehead atoms. The third-order valence-electron chi connectivity index (χ3n) is 0.406. The fraction of sp³-hybridized carbons (Fsp3) is 0. The number of hydrogen-bond donors (Lipinski definition) is 0. The van der Waals surface area contributed by atoms with Crippen molar-refractivity contribution in [1.29, 1.82) is 0 Å². The zero-order valence-electron chi connectivity index (χ0n) is 3.11. The molecule has 7 heavy (non-hydrogen) atoms. The maximum absolute atomic E-state index is 11.7. The Morgan fingerprint density at radius 2 is 2.57 bits per heavy atom. The molecule has 0 amide bonds. The molecule has 1 rings (SSSR count). The highest BCUT2D eigenvalue weighted by Gasteiger charge is 1.94. The zero-order valence-corrected chi connectivity index (χ0v) is 4.68. The normalized spacial score (nSPS) is 9.43. The quantitative estimate of drug-likeness (QED) is 0.530. The molecule has 0 aromatic carbocycles. The molecule has 0 spiro atoms. The van der Waals surface area contributed by atoms with Crippen LogP contribution in [0.4, 0.5) is 4.39 Å². The molecule has 1 aromatic heterocycles. The van der Waals surface area contributed by atoms with E-state index in [9.17, 15) is 4.39 Å². The lowest BCUT2D eigenvalue weighted by Crippen LogP contribution is -1.58. The Hall–Kier alpha value is -0.150. The predicted octanol–water partition coefficient (Wildman–Crippen LogP) is 1.74. The molecule has 0 saturated heterocycles. The molecule has 0 aliphatic heterocycles. The molecule has 1 nitrogen and oxygen atoms in total. The van der Waals surface area contributed by atoms with Crippen molar-refractivity contribution in [3.05, 3.63) is 15.8 Å².